The van der Waals surface area contributed by atoms with Crippen molar-refractivity contribution in [3.63, 3.8) is 0 Å². The van der Waals surface area contributed by atoms with Crippen LogP contribution in [0.15, 0.2) is 66.8 Å². The van der Waals surface area contributed by atoms with Gasteiger partial charge in [-0.05, 0) is 51.6 Å². The summed E-state index contributed by atoms with van der Waals surface area (Å²) in [5, 5.41) is 0. The van der Waals surface area contributed by atoms with Crippen LogP contribution in [0.5, 0.6) is 0 Å². The zero-order valence-corrected chi connectivity index (χ0v) is 27.8. The third-order valence-corrected chi connectivity index (χ3v) is 13.4. The van der Waals surface area contributed by atoms with E-state index in [1.807, 2.05) is 24.3 Å². The zero-order chi connectivity index (χ0) is 34.3. The quantitative estimate of drug-likeness (QED) is 0.259. The molecule has 9 nitrogen and oxygen atoms in total. The van der Waals surface area contributed by atoms with Gasteiger partial charge < -0.3 is 9.97 Å². The second-order valence-electron chi connectivity index (χ2n) is 16.0. The first kappa shape index (κ1) is 27.8. The highest BCUT2D eigenvalue weighted by Gasteiger charge is 2.46. The van der Waals surface area contributed by atoms with E-state index < -0.39 is 11.8 Å². The van der Waals surface area contributed by atoms with Gasteiger partial charge in [0.2, 0.25) is 0 Å². The minimum atomic E-state index is -0.429. The second kappa shape index (κ2) is 9.14. The van der Waals surface area contributed by atoms with Crippen LogP contribution in [0.3, 0.4) is 0 Å². The van der Waals surface area contributed by atoms with E-state index in [-0.39, 0.29) is 58.6 Å². The van der Waals surface area contributed by atoms with Crippen LogP contribution in [0, 0.1) is 23.7 Å². The molecule has 8 unspecified atom stereocenters. The fourth-order valence-electron chi connectivity index (χ4n) is 11.2. The fraction of sp³-hybridized carbons (Fsp3) is 0.279. The Bertz CT molecular complexity index is 2780. The molecule has 0 amide bonds. The lowest BCUT2D eigenvalue weighted by Gasteiger charge is -2.32. The number of carbonyl (C=O) groups is 4. The molecule has 52 heavy (non-hydrogen) atoms. The number of hydrogen-bond acceptors (Lipinski definition) is 7. The number of Topliss-reactive ketones (excluding diaryl/α,β-unsaturated/α-hetero) is 4. The largest absolute Gasteiger partial charge is 0.355 e. The van der Waals surface area contributed by atoms with Gasteiger partial charge in [-0.1, -0.05) is 48.6 Å². The average Bonchev–Trinajstić information content (AvgIpc) is 3.90. The molecule has 2 aliphatic heterocycles. The van der Waals surface area contributed by atoms with Gasteiger partial charge in [0.05, 0.1) is 35.1 Å². The SMILES string of the molecule is O=C1CC2C=CC1C1=C2c2nc1cc1[nH]c(cc3[nH]c(cc4nc(n2)C2=C4C4C=CC2C(=O)C4)c2c3C3C=CC2C(=O)C3)c2c1C1C=CC2C(=O)C1. The van der Waals surface area contributed by atoms with Gasteiger partial charge >= 0.3 is 0 Å². The maximum Gasteiger partial charge on any atom is 0.159 e. The monoisotopic (exact) mass is 679 g/mol. The Morgan fingerprint density at radius 2 is 0.827 bits per heavy atom. The summed E-state index contributed by atoms with van der Waals surface area (Å²) in [7, 11) is 0. The Morgan fingerprint density at radius 3 is 1.42 bits per heavy atom. The highest BCUT2D eigenvalue weighted by molar-refractivity contribution is 6.12. The molecule has 5 heterocycles. The average molecular weight is 680 g/mol. The molecule has 12 aliphatic carbocycles. The first-order valence-electron chi connectivity index (χ1n) is 18.4. The van der Waals surface area contributed by atoms with E-state index in [1.54, 1.807) is 0 Å². The summed E-state index contributed by atoms with van der Waals surface area (Å²) in [4.78, 5) is 76.7. The number of fused-ring (bicyclic) bond motifs is 12. The molecule has 3 aromatic heterocycles. The van der Waals surface area contributed by atoms with Crippen molar-refractivity contribution in [3.8, 4) is 0 Å². The maximum absolute atomic E-state index is 13.4. The number of carbonyl (C=O) groups excluding carboxylic acids is 4. The summed E-state index contributed by atoms with van der Waals surface area (Å²) < 4.78 is 0. The van der Waals surface area contributed by atoms with Gasteiger partial charge in [-0.3, -0.25) is 19.2 Å². The number of hydrogen-bond donors (Lipinski definition) is 2. The number of allylic oxidation sites excluding steroid dienone is 12. The molecule has 0 saturated heterocycles. The van der Waals surface area contributed by atoms with Crippen LogP contribution in [-0.2, 0) is 19.2 Å². The standard InChI is InChI=1S/C43H29N5O4/c49-30-10-17-2-5-20(30)38-27-13-24-34-16-1-6-21(31(50)9-16)39(34)28(44-24)15-26-36-18-3-8-23(33(52)11-18)41(36)43(46-26)48-42-37-19-4-7-22(32(51)12-19)40(37)29(47-42)14-25(45-27)35(17)38/h1-8,13-23,44-45H,9-12H2. The van der Waals surface area contributed by atoms with E-state index in [1.165, 1.54) is 0 Å². The Kier molecular flexibility index (Phi) is 4.90. The lowest BCUT2D eigenvalue weighted by atomic mass is 9.69. The first-order valence-corrected chi connectivity index (χ1v) is 18.4. The fourth-order valence-corrected chi connectivity index (χ4v) is 11.2. The van der Waals surface area contributed by atoms with Crippen molar-refractivity contribution in [3.05, 3.63) is 112 Å². The van der Waals surface area contributed by atoms with Gasteiger partial charge in [0.1, 0.15) is 23.1 Å². The van der Waals surface area contributed by atoms with E-state index >= 15 is 0 Å². The van der Waals surface area contributed by atoms with Crippen LogP contribution in [0.1, 0.15) is 94.6 Å². The molecule has 0 aromatic carbocycles. The van der Waals surface area contributed by atoms with Gasteiger partial charge in [0, 0.05) is 82.6 Å². The molecule has 8 atom stereocenters. The van der Waals surface area contributed by atoms with Gasteiger partial charge in [0.25, 0.3) is 0 Å². The number of ketones is 4. The van der Waals surface area contributed by atoms with Crippen molar-refractivity contribution in [2.75, 3.05) is 0 Å². The third-order valence-electron chi connectivity index (χ3n) is 13.4. The predicted octanol–water partition coefficient (Wildman–Crippen LogP) is 6.50. The maximum atomic E-state index is 13.4. The molecule has 16 bridgehead atoms. The van der Waals surface area contributed by atoms with Crippen LogP contribution in [0.2, 0.25) is 0 Å². The lowest BCUT2D eigenvalue weighted by molar-refractivity contribution is -0.121. The number of nitrogens with zero attached hydrogens (tertiary/aromatic N) is 3. The van der Waals surface area contributed by atoms with Crippen molar-refractivity contribution in [1.82, 2.24) is 24.9 Å². The summed E-state index contributed by atoms with van der Waals surface area (Å²) in [6.45, 7) is 0. The third kappa shape index (κ3) is 3.29. The Labute approximate surface area is 296 Å². The van der Waals surface area contributed by atoms with Gasteiger partial charge in [0.15, 0.2) is 11.6 Å². The number of aromatic amines is 2. The van der Waals surface area contributed by atoms with Crippen molar-refractivity contribution in [1.29, 1.82) is 0 Å². The van der Waals surface area contributed by atoms with Gasteiger partial charge in [-0.15, -0.1) is 0 Å². The van der Waals surface area contributed by atoms with Gasteiger partial charge in [-0.25, -0.2) is 15.0 Å². The Balaban J connectivity index is 1.20. The number of rotatable bonds is 0. The van der Waals surface area contributed by atoms with Crippen LogP contribution in [-0.4, -0.2) is 48.1 Å². The van der Waals surface area contributed by atoms with Crippen LogP contribution < -0.4 is 0 Å². The van der Waals surface area contributed by atoms with Crippen molar-refractivity contribution in [2.45, 2.75) is 49.4 Å². The molecule has 9 heteroatoms. The summed E-state index contributed by atoms with van der Waals surface area (Å²) >= 11 is 0. The van der Waals surface area contributed by atoms with Crippen LogP contribution in [0.25, 0.3) is 44.4 Å². The zero-order valence-electron chi connectivity index (χ0n) is 27.8. The molecule has 3 aromatic rings. The van der Waals surface area contributed by atoms with Crippen molar-refractivity contribution < 1.29 is 19.2 Å². The Morgan fingerprint density at radius 1 is 0.404 bits per heavy atom. The molecule has 0 radical (unpaired) electrons. The van der Waals surface area contributed by atoms with Crippen molar-refractivity contribution >= 4 is 67.5 Å². The first-order chi connectivity index (χ1) is 25.4. The molecule has 17 rings (SSSR count). The van der Waals surface area contributed by atoms with Crippen LogP contribution >= 0.6 is 0 Å². The highest BCUT2D eigenvalue weighted by Crippen LogP contribution is 2.54. The lowest BCUT2D eigenvalue weighted by Crippen LogP contribution is -2.28. The summed E-state index contributed by atoms with van der Waals surface area (Å²) in [5.41, 5.74) is 12.8. The van der Waals surface area contributed by atoms with Crippen LogP contribution in [0.4, 0.5) is 0 Å². The molecule has 0 spiro atoms. The molecule has 0 fully saturated rings. The highest BCUT2D eigenvalue weighted by atomic mass is 16.1. The smallest absolute Gasteiger partial charge is 0.159 e. The topological polar surface area (TPSA) is 139 Å². The minimum Gasteiger partial charge on any atom is -0.355 e. The number of aromatic nitrogens is 5. The molecule has 14 aliphatic rings. The normalized spacial score (nSPS) is 32.0. The minimum absolute atomic E-state index is 0.0585. The summed E-state index contributed by atoms with van der Waals surface area (Å²) in [5.74, 6) is -0.113. The number of H-pyrrole nitrogens is 2. The molecule has 0 saturated carbocycles. The molecular formula is C43H29N5O4. The van der Waals surface area contributed by atoms with E-state index in [0.717, 1.165) is 72.3 Å². The molecule has 250 valence electrons. The Hall–Kier alpha value is -5.83. The van der Waals surface area contributed by atoms with E-state index in [0.29, 0.717) is 43.0 Å². The van der Waals surface area contributed by atoms with E-state index in [4.69, 9.17) is 15.0 Å². The number of nitrogens with one attached hydrogen (secondary N) is 2. The van der Waals surface area contributed by atoms with E-state index in [9.17, 15) is 19.2 Å². The van der Waals surface area contributed by atoms with E-state index in [2.05, 4.69) is 52.5 Å². The molecule has 2 N–H and O–H groups in total. The van der Waals surface area contributed by atoms with Gasteiger partial charge in [-0.2, -0.15) is 0 Å². The van der Waals surface area contributed by atoms with Crippen molar-refractivity contribution in [2.24, 2.45) is 23.7 Å². The predicted molar refractivity (Wildman–Crippen MR) is 192 cm³/mol. The molecular weight excluding hydrogens is 651 g/mol. The summed E-state index contributed by atoms with van der Waals surface area (Å²) in [6.07, 6.45) is 18.3. The second-order valence-corrected chi connectivity index (χ2v) is 16.0. The summed E-state index contributed by atoms with van der Waals surface area (Å²) in [6, 6.07) is 6.24.